The minimum absolute atomic E-state index is 0.112. The van der Waals surface area contributed by atoms with Crippen molar-refractivity contribution in [2.75, 3.05) is 10.2 Å². The zero-order valence-electron chi connectivity index (χ0n) is 15.7. The van der Waals surface area contributed by atoms with Crippen LogP contribution in [0.25, 0.3) is 0 Å². The Balaban J connectivity index is 1.57. The number of anilines is 3. The Morgan fingerprint density at radius 2 is 1.78 bits per heavy atom. The number of aromatic nitrogens is 2. The number of rotatable bonds is 3. The molecule has 1 aliphatic heterocycles. The number of carbonyl (C=O) groups excluding carboxylic acids is 1. The molecule has 27 heavy (non-hydrogen) atoms. The molecule has 136 valence electrons. The molecule has 5 nitrogen and oxygen atoms in total. The van der Waals surface area contributed by atoms with Crippen LogP contribution in [0.3, 0.4) is 0 Å². The monoisotopic (exact) mass is 358 g/mol. The minimum atomic E-state index is -0.112. The maximum absolute atomic E-state index is 13.0. The molecule has 1 amide bonds. The molecule has 1 unspecified atom stereocenters. The average Bonchev–Trinajstić information content (AvgIpc) is 3.00. The molecule has 0 aliphatic carbocycles. The van der Waals surface area contributed by atoms with Crippen molar-refractivity contribution >= 4 is 23.1 Å². The molecule has 5 heteroatoms. The summed E-state index contributed by atoms with van der Waals surface area (Å²) in [5.41, 5.74) is 5.81. The molecule has 2 aromatic carbocycles. The summed E-state index contributed by atoms with van der Waals surface area (Å²) in [7, 11) is 0. The van der Waals surface area contributed by atoms with Gasteiger partial charge in [-0.25, -0.2) is 9.97 Å². The number of hydrogen-bond acceptors (Lipinski definition) is 4. The largest absolute Gasteiger partial charge is 0.339 e. The van der Waals surface area contributed by atoms with E-state index in [1.54, 1.807) is 12.4 Å². The molecule has 2 heterocycles. The average molecular weight is 358 g/mol. The van der Waals surface area contributed by atoms with Crippen LogP contribution in [0.2, 0.25) is 0 Å². The van der Waals surface area contributed by atoms with Crippen molar-refractivity contribution in [1.29, 1.82) is 0 Å². The fourth-order valence-corrected chi connectivity index (χ4v) is 3.64. The predicted molar refractivity (Wildman–Crippen MR) is 108 cm³/mol. The Hall–Kier alpha value is -3.21. The molecule has 3 aromatic rings. The second kappa shape index (κ2) is 6.83. The van der Waals surface area contributed by atoms with E-state index in [0.717, 1.165) is 28.9 Å². The normalized spacial score (nSPS) is 15.5. The Morgan fingerprint density at radius 3 is 2.48 bits per heavy atom. The summed E-state index contributed by atoms with van der Waals surface area (Å²) in [6.45, 7) is 6.15. The van der Waals surface area contributed by atoms with E-state index in [9.17, 15) is 4.79 Å². The Kier molecular flexibility index (Phi) is 4.36. The molecule has 1 N–H and O–H groups in total. The SMILES string of the molecule is Cc1cccc(C)c1Nc1cnc(C(=O)N2c3ccccc3CC2C)cn1. The van der Waals surface area contributed by atoms with Crippen LogP contribution in [0.4, 0.5) is 17.2 Å². The van der Waals surface area contributed by atoms with Gasteiger partial charge in [-0.3, -0.25) is 4.79 Å². The first kappa shape index (κ1) is 17.2. The minimum Gasteiger partial charge on any atom is -0.339 e. The Labute approximate surface area is 159 Å². The standard InChI is InChI=1S/C22H22N4O/c1-14-7-6-8-15(2)21(14)25-20-13-23-18(12-24-20)22(27)26-16(3)11-17-9-4-5-10-19(17)26/h4-10,12-13,16H,11H2,1-3H3,(H,24,25). The fourth-order valence-electron chi connectivity index (χ4n) is 3.64. The number of hydrogen-bond donors (Lipinski definition) is 1. The van der Waals surface area contributed by atoms with Crippen molar-refractivity contribution in [2.45, 2.75) is 33.2 Å². The smallest absolute Gasteiger partial charge is 0.278 e. The van der Waals surface area contributed by atoms with Crippen molar-refractivity contribution in [3.05, 3.63) is 77.2 Å². The number of nitrogens with zero attached hydrogens (tertiary/aromatic N) is 3. The van der Waals surface area contributed by atoms with Crippen LogP contribution in [0.15, 0.2) is 54.9 Å². The lowest BCUT2D eigenvalue weighted by molar-refractivity contribution is 0.0976. The highest BCUT2D eigenvalue weighted by Gasteiger charge is 2.31. The van der Waals surface area contributed by atoms with Gasteiger partial charge in [-0.2, -0.15) is 0 Å². The summed E-state index contributed by atoms with van der Waals surface area (Å²) in [5, 5.41) is 3.30. The fraction of sp³-hybridized carbons (Fsp3) is 0.227. The van der Waals surface area contributed by atoms with E-state index < -0.39 is 0 Å². The lowest BCUT2D eigenvalue weighted by Gasteiger charge is -2.22. The molecule has 1 aromatic heterocycles. The first-order valence-corrected chi connectivity index (χ1v) is 9.11. The van der Waals surface area contributed by atoms with Gasteiger partial charge in [0, 0.05) is 17.4 Å². The van der Waals surface area contributed by atoms with Gasteiger partial charge >= 0.3 is 0 Å². The van der Waals surface area contributed by atoms with Gasteiger partial charge in [-0.15, -0.1) is 0 Å². The summed E-state index contributed by atoms with van der Waals surface area (Å²) in [4.78, 5) is 23.6. The van der Waals surface area contributed by atoms with Crippen molar-refractivity contribution in [3.8, 4) is 0 Å². The maximum atomic E-state index is 13.0. The summed E-state index contributed by atoms with van der Waals surface area (Å²) in [6.07, 6.45) is 4.03. The zero-order valence-corrected chi connectivity index (χ0v) is 15.7. The number of amides is 1. The van der Waals surface area contributed by atoms with E-state index in [0.29, 0.717) is 11.5 Å². The van der Waals surface area contributed by atoms with Crippen LogP contribution in [-0.2, 0) is 6.42 Å². The highest BCUT2D eigenvalue weighted by atomic mass is 16.2. The van der Waals surface area contributed by atoms with E-state index in [2.05, 4.69) is 28.3 Å². The summed E-state index contributed by atoms with van der Waals surface area (Å²) < 4.78 is 0. The van der Waals surface area contributed by atoms with Crippen molar-refractivity contribution in [1.82, 2.24) is 9.97 Å². The first-order valence-electron chi connectivity index (χ1n) is 9.11. The van der Waals surface area contributed by atoms with Gasteiger partial charge < -0.3 is 10.2 Å². The predicted octanol–water partition coefficient (Wildman–Crippen LogP) is 4.43. The number of fused-ring (bicyclic) bond motifs is 1. The topological polar surface area (TPSA) is 58.1 Å². The lowest BCUT2D eigenvalue weighted by atomic mass is 10.1. The van der Waals surface area contributed by atoms with Crippen LogP contribution >= 0.6 is 0 Å². The van der Waals surface area contributed by atoms with Crippen LogP contribution in [-0.4, -0.2) is 21.9 Å². The van der Waals surface area contributed by atoms with Crippen molar-refractivity contribution in [3.63, 3.8) is 0 Å². The van der Waals surface area contributed by atoms with Gasteiger partial charge in [-0.05, 0) is 49.9 Å². The van der Waals surface area contributed by atoms with E-state index in [1.807, 2.05) is 55.1 Å². The van der Waals surface area contributed by atoms with E-state index in [1.165, 1.54) is 5.56 Å². The molecule has 4 rings (SSSR count). The van der Waals surface area contributed by atoms with E-state index in [-0.39, 0.29) is 11.9 Å². The molecule has 0 bridgehead atoms. The molecular formula is C22H22N4O. The van der Waals surface area contributed by atoms with Gasteiger partial charge in [0.15, 0.2) is 0 Å². The summed E-state index contributed by atoms with van der Waals surface area (Å²) in [5.74, 6) is 0.511. The zero-order chi connectivity index (χ0) is 19.0. The summed E-state index contributed by atoms with van der Waals surface area (Å²) >= 11 is 0. The number of nitrogens with one attached hydrogen (secondary N) is 1. The van der Waals surface area contributed by atoms with E-state index in [4.69, 9.17) is 0 Å². The Morgan fingerprint density at radius 1 is 1.04 bits per heavy atom. The number of carbonyl (C=O) groups is 1. The van der Waals surface area contributed by atoms with E-state index >= 15 is 0 Å². The quantitative estimate of drug-likeness (QED) is 0.752. The van der Waals surface area contributed by atoms with Gasteiger partial charge in [0.05, 0.1) is 12.4 Å². The third-order valence-corrected chi connectivity index (χ3v) is 5.03. The molecule has 0 radical (unpaired) electrons. The maximum Gasteiger partial charge on any atom is 0.278 e. The van der Waals surface area contributed by atoms with Gasteiger partial charge in [0.25, 0.3) is 5.91 Å². The molecule has 0 saturated heterocycles. The molecule has 0 spiro atoms. The molecule has 1 atom stereocenters. The number of para-hydroxylation sites is 2. The lowest BCUT2D eigenvalue weighted by Crippen LogP contribution is -2.36. The molecule has 1 aliphatic rings. The van der Waals surface area contributed by atoms with Crippen LogP contribution in [0.1, 0.15) is 34.1 Å². The second-order valence-corrected chi connectivity index (χ2v) is 7.04. The third kappa shape index (κ3) is 3.16. The first-order chi connectivity index (χ1) is 13.0. The van der Waals surface area contributed by atoms with Gasteiger partial charge in [0.1, 0.15) is 11.5 Å². The third-order valence-electron chi connectivity index (χ3n) is 5.03. The van der Waals surface area contributed by atoms with Crippen LogP contribution in [0, 0.1) is 13.8 Å². The molecular weight excluding hydrogens is 336 g/mol. The van der Waals surface area contributed by atoms with Crippen LogP contribution in [0.5, 0.6) is 0 Å². The molecule has 0 saturated carbocycles. The second-order valence-electron chi connectivity index (χ2n) is 7.04. The Bertz CT molecular complexity index is 977. The number of aryl methyl sites for hydroxylation is 2. The summed E-state index contributed by atoms with van der Waals surface area (Å²) in [6, 6.07) is 14.3. The number of benzene rings is 2. The van der Waals surface area contributed by atoms with Crippen LogP contribution < -0.4 is 10.2 Å². The van der Waals surface area contributed by atoms with Gasteiger partial charge in [-0.1, -0.05) is 36.4 Å². The van der Waals surface area contributed by atoms with Crippen molar-refractivity contribution < 1.29 is 4.79 Å². The van der Waals surface area contributed by atoms with Crippen molar-refractivity contribution in [2.24, 2.45) is 0 Å². The van der Waals surface area contributed by atoms with Gasteiger partial charge in [0.2, 0.25) is 0 Å². The highest BCUT2D eigenvalue weighted by Crippen LogP contribution is 2.32. The highest BCUT2D eigenvalue weighted by molar-refractivity contribution is 6.06. The molecule has 0 fully saturated rings.